The first-order valence-electron chi connectivity index (χ1n) is 9.26. The van der Waals surface area contributed by atoms with Crippen molar-refractivity contribution < 1.29 is 29.3 Å². The molecule has 2 aromatic rings. The minimum absolute atomic E-state index is 0.000106. The molecule has 8 nitrogen and oxygen atoms in total. The number of nitrogens with one attached hydrogen (secondary N) is 2. The summed E-state index contributed by atoms with van der Waals surface area (Å²) in [7, 11) is 1.54. The molecule has 0 saturated carbocycles. The number of hydrogen-bond donors (Lipinski definition) is 4. The minimum Gasteiger partial charge on any atom is -0.497 e. The molecule has 1 heterocycles. The molecule has 4 atom stereocenters. The average molecular weight is 400 g/mol. The van der Waals surface area contributed by atoms with E-state index in [9.17, 15) is 19.8 Å². The predicted octanol–water partition coefficient (Wildman–Crippen LogP) is 0.943. The fourth-order valence-electron chi connectivity index (χ4n) is 3.12. The van der Waals surface area contributed by atoms with Gasteiger partial charge in [0.1, 0.15) is 24.1 Å². The molecule has 4 N–H and O–H groups in total. The van der Waals surface area contributed by atoms with E-state index >= 15 is 0 Å². The number of hydrogen-bond acceptors (Lipinski definition) is 6. The fourth-order valence-corrected chi connectivity index (χ4v) is 3.12. The summed E-state index contributed by atoms with van der Waals surface area (Å²) in [6, 6.07) is 15.5. The second-order valence-corrected chi connectivity index (χ2v) is 6.75. The summed E-state index contributed by atoms with van der Waals surface area (Å²) in [4.78, 5) is 24.4. The van der Waals surface area contributed by atoms with Crippen molar-refractivity contribution in [2.24, 2.45) is 0 Å². The van der Waals surface area contributed by atoms with Gasteiger partial charge in [0.15, 0.2) is 0 Å². The fraction of sp³-hybridized carbons (Fsp3) is 0.333. The maximum Gasteiger partial charge on any atom is 0.251 e. The van der Waals surface area contributed by atoms with Crippen LogP contribution < -0.4 is 15.4 Å². The number of aliphatic hydroxyl groups is 2. The Hall–Kier alpha value is -2.94. The van der Waals surface area contributed by atoms with E-state index in [0.29, 0.717) is 17.0 Å². The Kier molecular flexibility index (Phi) is 6.82. The summed E-state index contributed by atoms with van der Waals surface area (Å²) in [5.41, 5.74) is 1.06. The van der Waals surface area contributed by atoms with Crippen LogP contribution in [0.15, 0.2) is 54.6 Å². The SMILES string of the molecule is COc1ccc(C(=O)NC[C@H]2O[C@@H](CC(=O)Nc3ccccc3)[C@H](O)[C@@H]2O)cc1. The van der Waals surface area contributed by atoms with Crippen molar-refractivity contribution in [3.8, 4) is 5.75 Å². The van der Waals surface area contributed by atoms with Crippen molar-refractivity contribution in [1.82, 2.24) is 5.32 Å². The zero-order valence-electron chi connectivity index (χ0n) is 15.9. The highest BCUT2D eigenvalue weighted by Gasteiger charge is 2.43. The number of amides is 2. The van der Waals surface area contributed by atoms with E-state index in [2.05, 4.69) is 10.6 Å². The number of anilines is 1. The lowest BCUT2D eigenvalue weighted by Crippen LogP contribution is -2.40. The quantitative estimate of drug-likeness (QED) is 0.550. The number of aliphatic hydroxyl groups excluding tert-OH is 2. The maximum atomic E-state index is 12.2. The number of para-hydroxylation sites is 1. The number of carbonyl (C=O) groups excluding carboxylic acids is 2. The van der Waals surface area contributed by atoms with Crippen LogP contribution in [-0.2, 0) is 9.53 Å². The molecule has 0 radical (unpaired) electrons. The standard InChI is InChI=1S/C21H24N2O6/c1-28-15-9-7-13(8-10-15)21(27)22-12-17-20(26)19(25)16(29-17)11-18(24)23-14-5-3-2-4-6-14/h2-10,16-17,19-20,25-26H,11-12H2,1H3,(H,22,27)(H,23,24)/t16-,17+,19-,20+/m0/s1. The molecule has 1 aliphatic heterocycles. The van der Waals surface area contributed by atoms with Crippen LogP contribution in [0, 0.1) is 0 Å². The Morgan fingerprint density at radius 3 is 2.31 bits per heavy atom. The molecule has 8 heteroatoms. The van der Waals surface area contributed by atoms with Gasteiger partial charge >= 0.3 is 0 Å². The molecule has 0 unspecified atom stereocenters. The summed E-state index contributed by atoms with van der Waals surface area (Å²) in [6.07, 6.45) is -4.23. The van der Waals surface area contributed by atoms with Gasteiger partial charge in [-0.25, -0.2) is 0 Å². The van der Waals surface area contributed by atoms with Gasteiger partial charge in [-0.15, -0.1) is 0 Å². The van der Waals surface area contributed by atoms with Crippen LogP contribution >= 0.6 is 0 Å². The number of ether oxygens (including phenoxy) is 2. The third-order valence-corrected chi connectivity index (χ3v) is 4.72. The maximum absolute atomic E-state index is 12.2. The highest BCUT2D eigenvalue weighted by molar-refractivity contribution is 5.94. The first kappa shape index (κ1) is 20.8. The normalized spacial score (nSPS) is 23.4. The van der Waals surface area contributed by atoms with Crippen molar-refractivity contribution in [3.63, 3.8) is 0 Å². The van der Waals surface area contributed by atoms with E-state index < -0.39 is 24.4 Å². The van der Waals surface area contributed by atoms with Gasteiger partial charge in [-0.05, 0) is 36.4 Å². The molecule has 0 spiro atoms. The topological polar surface area (TPSA) is 117 Å². The van der Waals surface area contributed by atoms with Gasteiger partial charge in [0, 0.05) is 17.8 Å². The molecule has 154 valence electrons. The highest BCUT2D eigenvalue weighted by atomic mass is 16.5. The Bertz CT molecular complexity index is 827. The Morgan fingerprint density at radius 2 is 1.66 bits per heavy atom. The Labute approximate surface area is 168 Å². The van der Waals surface area contributed by atoms with Crippen LogP contribution in [0.5, 0.6) is 5.75 Å². The van der Waals surface area contributed by atoms with Crippen LogP contribution in [0.2, 0.25) is 0 Å². The van der Waals surface area contributed by atoms with Gasteiger partial charge in [0.05, 0.1) is 19.6 Å². The summed E-state index contributed by atoms with van der Waals surface area (Å²) in [5.74, 6) is -0.0468. The first-order valence-corrected chi connectivity index (χ1v) is 9.26. The summed E-state index contributed by atoms with van der Waals surface area (Å²) in [5, 5.41) is 25.8. The van der Waals surface area contributed by atoms with Crippen molar-refractivity contribution in [1.29, 1.82) is 0 Å². The van der Waals surface area contributed by atoms with E-state index in [-0.39, 0.29) is 24.8 Å². The van der Waals surface area contributed by atoms with Crippen molar-refractivity contribution in [2.75, 3.05) is 19.0 Å². The van der Waals surface area contributed by atoms with Crippen molar-refractivity contribution in [2.45, 2.75) is 30.8 Å². The number of methoxy groups -OCH3 is 1. The third-order valence-electron chi connectivity index (χ3n) is 4.72. The molecule has 1 aliphatic rings. The van der Waals surface area contributed by atoms with E-state index in [4.69, 9.17) is 9.47 Å². The van der Waals surface area contributed by atoms with Crippen molar-refractivity contribution in [3.05, 3.63) is 60.2 Å². The van der Waals surface area contributed by atoms with Gasteiger partial charge < -0.3 is 30.3 Å². The first-order chi connectivity index (χ1) is 14.0. The lowest BCUT2D eigenvalue weighted by atomic mass is 10.1. The average Bonchev–Trinajstić information content (AvgIpc) is 3.00. The Morgan fingerprint density at radius 1 is 1.00 bits per heavy atom. The molecule has 1 saturated heterocycles. The number of benzene rings is 2. The summed E-state index contributed by atoms with van der Waals surface area (Å²) in [6.45, 7) is -0.000106. The van der Waals surface area contributed by atoms with E-state index in [1.165, 1.54) is 7.11 Å². The lowest BCUT2D eigenvalue weighted by molar-refractivity contribution is -0.120. The zero-order valence-corrected chi connectivity index (χ0v) is 15.9. The number of rotatable bonds is 7. The molecule has 0 aliphatic carbocycles. The molecular weight excluding hydrogens is 376 g/mol. The smallest absolute Gasteiger partial charge is 0.251 e. The van der Waals surface area contributed by atoms with Gasteiger partial charge in [0.2, 0.25) is 5.91 Å². The Balaban J connectivity index is 1.50. The van der Waals surface area contributed by atoms with Crippen LogP contribution in [0.1, 0.15) is 16.8 Å². The molecule has 1 fully saturated rings. The molecule has 2 amide bonds. The predicted molar refractivity (Wildman–Crippen MR) is 106 cm³/mol. The molecule has 2 aromatic carbocycles. The van der Waals surface area contributed by atoms with Crippen LogP contribution in [0.25, 0.3) is 0 Å². The lowest BCUT2D eigenvalue weighted by Gasteiger charge is -2.15. The summed E-state index contributed by atoms with van der Waals surface area (Å²) >= 11 is 0. The van der Waals surface area contributed by atoms with Gasteiger partial charge in [-0.2, -0.15) is 0 Å². The van der Waals surface area contributed by atoms with Crippen LogP contribution in [0.4, 0.5) is 5.69 Å². The molecule has 0 aromatic heterocycles. The van der Waals surface area contributed by atoms with E-state index in [1.54, 1.807) is 48.5 Å². The highest BCUT2D eigenvalue weighted by Crippen LogP contribution is 2.24. The minimum atomic E-state index is -1.22. The van der Waals surface area contributed by atoms with Gasteiger partial charge in [-0.1, -0.05) is 18.2 Å². The largest absolute Gasteiger partial charge is 0.497 e. The molecule has 0 bridgehead atoms. The van der Waals surface area contributed by atoms with Gasteiger partial charge in [-0.3, -0.25) is 9.59 Å². The van der Waals surface area contributed by atoms with Crippen LogP contribution in [0.3, 0.4) is 0 Å². The summed E-state index contributed by atoms with van der Waals surface area (Å²) < 4.78 is 10.7. The second-order valence-electron chi connectivity index (χ2n) is 6.75. The van der Waals surface area contributed by atoms with Crippen molar-refractivity contribution >= 4 is 17.5 Å². The third kappa shape index (κ3) is 5.32. The molecular formula is C21H24N2O6. The van der Waals surface area contributed by atoms with Gasteiger partial charge in [0.25, 0.3) is 5.91 Å². The van der Waals surface area contributed by atoms with E-state index in [0.717, 1.165) is 0 Å². The molecule has 29 heavy (non-hydrogen) atoms. The number of carbonyl (C=O) groups is 2. The van der Waals surface area contributed by atoms with E-state index in [1.807, 2.05) is 6.07 Å². The second kappa shape index (κ2) is 9.51. The zero-order chi connectivity index (χ0) is 20.8. The monoisotopic (exact) mass is 400 g/mol. The van der Waals surface area contributed by atoms with Crippen LogP contribution in [-0.4, -0.2) is 60.1 Å². The molecule has 3 rings (SSSR count).